The predicted molar refractivity (Wildman–Crippen MR) is 88.2 cm³/mol. The summed E-state index contributed by atoms with van der Waals surface area (Å²) in [5.41, 5.74) is 4.01. The average Bonchev–Trinajstić information content (AvgIpc) is 3.34. The summed E-state index contributed by atoms with van der Waals surface area (Å²) >= 11 is 0. The molecule has 0 amide bonds. The van der Waals surface area contributed by atoms with Gasteiger partial charge in [0.25, 0.3) is 0 Å². The maximum absolute atomic E-state index is 13.2. The molecule has 26 heavy (non-hydrogen) atoms. The van der Waals surface area contributed by atoms with Gasteiger partial charge in [-0.3, -0.25) is 4.79 Å². The van der Waals surface area contributed by atoms with Gasteiger partial charge < -0.3 is 4.74 Å². The first-order chi connectivity index (χ1) is 12.6. The van der Waals surface area contributed by atoms with Gasteiger partial charge in [-0.15, -0.1) is 10.2 Å². The van der Waals surface area contributed by atoms with Gasteiger partial charge in [-0.05, 0) is 54.3 Å². The Labute approximate surface area is 148 Å². The van der Waals surface area contributed by atoms with Crippen molar-refractivity contribution in [3.8, 4) is 5.69 Å². The van der Waals surface area contributed by atoms with Crippen molar-refractivity contribution in [2.24, 2.45) is 0 Å². The van der Waals surface area contributed by atoms with E-state index in [4.69, 9.17) is 0 Å². The number of hydrogen-bond donors (Lipinski definition) is 0. The van der Waals surface area contributed by atoms with Crippen molar-refractivity contribution < 1.29 is 13.9 Å². The number of carbonyl (C=O) groups is 1. The molecule has 0 fully saturated rings. The second-order valence-electron chi connectivity index (χ2n) is 6.10. The van der Waals surface area contributed by atoms with Crippen molar-refractivity contribution in [1.29, 1.82) is 0 Å². The van der Waals surface area contributed by atoms with E-state index in [0.717, 1.165) is 36.3 Å². The molecule has 1 aliphatic carbocycles. The Kier molecular flexibility index (Phi) is 4.19. The number of rotatable bonds is 5. The molecule has 1 aliphatic rings. The maximum atomic E-state index is 13.2. The molecule has 4 rings (SSSR count). The third-order valence-corrected chi connectivity index (χ3v) is 4.40. The SMILES string of the molecule is COC(=O)Cc1nnn(Cc2nn(-c3ccc(F)cc3)c3c2CCC3)n1. The highest BCUT2D eigenvalue weighted by Crippen LogP contribution is 2.28. The van der Waals surface area contributed by atoms with Crippen molar-refractivity contribution in [3.63, 3.8) is 0 Å². The van der Waals surface area contributed by atoms with Crippen LogP contribution in [-0.4, -0.2) is 43.1 Å². The molecule has 0 saturated heterocycles. The Morgan fingerprint density at radius 2 is 2.04 bits per heavy atom. The summed E-state index contributed by atoms with van der Waals surface area (Å²) in [7, 11) is 1.32. The van der Waals surface area contributed by atoms with Crippen LogP contribution < -0.4 is 0 Å². The topological polar surface area (TPSA) is 87.7 Å². The van der Waals surface area contributed by atoms with Crippen LogP contribution >= 0.6 is 0 Å². The van der Waals surface area contributed by atoms with Gasteiger partial charge in [0.05, 0.1) is 18.5 Å². The number of carbonyl (C=O) groups excluding carboxylic acids is 1. The lowest BCUT2D eigenvalue weighted by atomic mass is 10.2. The maximum Gasteiger partial charge on any atom is 0.313 e. The minimum Gasteiger partial charge on any atom is -0.469 e. The van der Waals surface area contributed by atoms with Gasteiger partial charge in [-0.2, -0.15) is 9.90 Å². The van der Waals surface area contributed by atoms with E-state index >= 15 is 0 Å². The molecule has 9 heteroatoms. The van der Waals surface area contributed by atoms with Crippen LogP contribution in [0.2, 0.25) is 0 Å². The molecule has 0 aliphatic heterocycles. The average molecular weight is 356 g/mol. The largest absolute Gasteiger partial charge is 0.469 e. The lowest BCUT2D eigenvalue weighted by molar-refractivity contribution is -0.139. The zero-order valence-electron chi connectivity index (χ0n) is 14.2. The van der Waals surface area contributed by atoms with Gasteiger partial charge in [0.1, 0.15) is 18.8 Å². The van der Waals surface area contributed by atoms with E-state index < -0.39 is 5.97 Å². The molecule has 0 bridgehead atoms. The minimum atomic E-state index is -0.411. The van der Waals surface area contributed by atoms with Gasteiger partial charge in [0, 0.05) is 5.69 Å². The van der Waals surface area contributed by atoms with E-state index in [1.165, 1.54) is 29.6 Å². The van der Waals surface area contributed by atoms with Gasteiger partial charge in [0.15, 0.2) is 5.82 Å². The number of benzene rings is 1. The number of aromatic nitrogens is 6. The number of nitrogens with zero attached hydrogens (tertiary/aromatic N) is 6. The first-order valence-electron chi connectivity index (χ1n) is 8.33. The standard InChI is InChI=1S/C17H17FN6O2/c1-26-17(25)9-16-19-22-23(21-16)10-14-13-3-2-4-15(13)24(20-14)12-7-5-11(18)6-8-12/h5-8H,2-4,9-10H2,1H3. The minimum absolute atomic E-state index is 0.0153. The van der Waals surface area contributed by atoms with E-state index in [1.807, 2.05) is 4.68 Å². The Hall–Kier alpha value is -3.10. The lowest BCUT2D eigenvalue weighted by Crippen LogP contribution is -2.09. The smallest absolute Gasteiger partial charge is 0.313 e. The molecular formula is C17H17FN6O2. The fourth-order valence-corrected chi connectivity index (χ4v) is 3.19. The highest BCUT2D eigenvalue weighted by molar-refractivity contribution is 5.71. The molecule has 134 valence electrons. The van der Waals surface area contributed by atoms with Gasteiger partial charge in [-0.1, -0.05) is 0 Å². The summed E-state index contributed by atoms with van der Waals surface area (Å²) in [5.74, 6) is -0.375. The number of hydrogen-bond acceptors (Lipinski definition) is 6. The molecule has 0 spiro atoms. The van der Waals surface area contributed by atoms with Crippen LogP contribution in [0.25, 0.3) is 5.69 Å². The van der Waals surface area contributed by atoms with Crippen LogP contribution in [0.1, 0.15) is 29.2 Å². The molecule has 0 radical (unpaired) electrons. The summed E-state index contributed by atoms with van der Waals surface area (Å²) in [6.45, 7) is 0.366. The molecule has 3 aromatic rings. The molecule has 0 N–H and O–H groups in total. The molecule has 0 saturated carbocycles. The predicted octanol–water partition coefficient (Wildman–Crippen LogP) is 1.25. The number of ether oxygens (including phenoxy) is 1. The molecule has 0 unspecified atom stereocenters. The van der Waals surface area contributed by atoms with Crippen molar-refractivity contribution in [2.75, 3.05) is 7.11 Å². The Bertz CT molecular complexity index is 947. The first-order valence-corrected chi connectivity index (χ1v) is 8.33. The van der Waals surface area contributed by atoms with E-state index in [0.29, 0.717) is 12.4 Å². The summed E-state index contributed by atoms with van der Waals surface area (Å²) in [6.07, 6.45) is 2.91. The fraction of sp³-hybridized carbons (Fsp3) is 0.353. The van der Waals surface area contributed by atoms with Crippen LogP contribution in [0.3, 0.4) is 0 Å². The lowest BCUT2D eigenvalue weighted by Gasteiger charge is -2.05. The van der Waals surface area contributed by atoms with Crippen molar-refractivity contribution >= 4 is 5.97 Å². The summed E-state index contributed by atoms with van der Waals surface area (Å²) in [5, 5.41) is 16.8. The van der Waals surface area contributed by atoms with E-state index in [2.05, 4.69) is 25.2 Å². The van der Waals surface area contributed by atoms with Crippen LogP contribution in [0.5, 0.6) is 0 Å². The molecule has 2 aromatic heterocycles. The zero-order chi connectivity index (χ0) is 18.1. The van der Waals surface area contributed by atoms with Crippen molar-refractivity contribution in [3.05, 3.63) is 52.9 Å². The summed E-state index contributed by atoms with van der Waals surface area (Å²) < 4.78 is 19.7. The van der Waals surface area contributed by atoms with Crippen LogP contribution in [-0.2, 0) is 35.3 Å². The molecular weight excluding hydrogens is 339 g/mol. The van der Waals surface area contributed by atoms with Crippen LogP contribution in [0, 0.1) is 5.82 Å². The molecule has 8 nitrogen and oxygen atoms in total. The second-order valence-corrected chi connectivity index (χ2v) is 6.10. The van der Waals surface area contributed by atoms with E-state index in [1.54, 1.807) is 12.1 Å². The third kappa shape index (κ3) is 3.07. The van der Waals surface area contributed by atoms with Crippen LogP contribution in [0.4, 0.5) is 4.39 Å². The number of halogens is 1. The number of fused-ring (bicyclic) bond motifs is 1. The van der Waals surface area contributed by atoms with Crippen molar-refractivity contribution in [1.82, 2.24) is 30.0 Å². The highest BCUT2D eigenvalue weighted by Gasteiger charge is 2.24. The van der Waals surface area contributed by atoms with Gasteiger partial charge in [-0.25, -0.2) is 9.07 Å². The molecule has 1 aromatic carbocycles. The van der Waals surface area contributed by atoms with Gasteiger partial charge in [0.2, 0.25) is 0 Å². The quantitative estimate of drug-likeness (QED) is 0.640. The summed E-state index contributed by atoms with van der Waals surface area (Å²) in [4.78, 5) is 12.7. The summed E-state index contributed by atoms with van der Waals surface area (Å²) in [6, 6.07) is 6.28. The first kappa shape index (κ1) is 16.4. The normalized spacial score (nSPS) is 13.0. The number of esters is 1. The molecule has 0 atom stereocenters. The fourth-order valence-electron chi connectivity index (χ4n) is 3.19. The van der Waals surface area contributed by atoms with E-state index in [9.17, 15) is 9.18 Å². The van der Waals surface area contributed by atoms with Gasteiger partial charge >= 0.3 is 5.97 Å². The monoisotopic (exact) mass is 356 g/mol. The number of tetrazole rings is 1. The number of methoxy groups -OCH3 is 1. The van der Waals surface area contributed by atoms with E-state index in [-0.39, 0.29) is 12.2 Å². The Morgan fingerprint density at radius 1 is 1.23 bits per heavy atom. The van der Waals surface area contributed by atoms with Crippen molar-refractivity contribution in [2.45, 2.75) is 32.2 Å². The Morgan fingerprint density at radius 3 is 2.81 bits per heavy atom. The highest BCUT2D eigenvalue weighted by atomic mass is 19.1. The Balaban J connectivity index is 1.61. The van der Waals surface area contributed by atoms with Crippen LogP contribution in [0.15, 0.2) is 24.3 Å². The zero-order valence-corrected chi connectivity index (χ0v) is 14.2. The second kappa shape index (κ2) is 6.66. The molecule has 2 heterocycles. The third-order valence-electron chi connectivity index (χ3n) is 4.40.